The molecule has 0 aromatic heterocycles. The van der Waals surface area contributed by atoms with Crippen LogP contribution in [0.1, 0.15) is 30.5 Å². The summed E-state index contributed by atoms with van der Waals surface area (Å²) >= 11 is 0. The van der Waals surface area contributed by atoms with Gasteiger partial charge in [0.05, 0.1) is 34.0 Å². The molecule has 2 aromatic rings. The van der Waals surface area contributed by atoms with Crippen molar-refractivity contribution in [3.05, 3.63) is 45.6 Å². The Bertz CT molecular complexity index is 1280. The maximum absolute atomic E-state index is 12.9. The lowest BCUT2D eigenvalue weighted by Gasteiger charge is -2.39. The van der Waals surface area contributed by atoms with Crippen molar-refractivity contribution in [3.63, 3.8) is 0 Å². The van der Waals surface area contributed by atoms with Gasteiger partial charge < -0.3 is 49.4 Å². The van der Waals surface area contributed by atoms with Crippen molar-refractivity contribution in [1.29, 1.82) is 0 Å². The van der Waals surface area contributed by atoms with Crippen LogP contribution in [0.15, 0.2) is 29.1 Å². The van der Waals surface area contributed by atoms with Gasteiger partial charge in [0.15, 0.2) is 17.2 Å². The summed E-state index contributed by atoms with van der Waals surface area (Å²) in [4.78, 5) is 24.9. The normalized spacial score (nSPS) is 25.9. The SMILES string of the molecule is COc1c(O[C@@H]2O[C@@H](CO)[C@@H](O)[C@H](O)[C@H]2O)cc2c(c1OC)-c1ccc(OC)c(=O)cc1[C@@H](NC(C)=O)CC2. The first-order chi connectivity index (χ1) is 18.6. The molecule has 1 aliphatic carbocycles. The van der Waals surface area contributed by atoms with E-state index in [0.29, 0.717) is 29.5 Å². The van der Waals surface area contributed by atoms with Crippen molar-refractivity contribution in [2.45, 2.75) is 56.5 Å². The van der Waals surface area contributed by atoms with E-state index in [1.54, 1.807) is 18.2 Å². The van der Waals surface area contributed by atoms with Crippen molar-refractivity contribution >= 4 is 5.91 Å². The van der Waals surface area contributed by atoms with Crippen LogP contribution in [0.5, 0.6) is 23.0 Å². The summed E-state index contributed by atoms with van der Waals surface area (Å²) in [7, 11) is 4.23. The Hall–Kier alpha value is -3.42. The number of ether oxygens (including phenoxy) is 5. The van der Waals surface area contributed by atoms with E-state index in [2.05, 4.69) is 5.32 Å². The molecular formula is C27H33NO11. The van der Waals surface area contributed by atoms with Gasteiger partial charge in [-0.15, -0.1) is 0 Å². The molecule has 39 heavy (non-hydrogen) atoms. The molecule has 1 amide bonds. The fraction of sp³-hybridized carbons (Fsp3) is 0.481. The summed E-state index contributed by atoms with van der Waals surface area (Å²) in [6, 6.07) is 5.87. The molecule has 0 unspecified atom stereocenters. The number of benzene rings is 1. The Labute approximate surface area is 224 Å². The molecule has 1 saturated heterocycles. The van der Waals surface area contributed by atoms with Crippen LogP contribution < -0.4 is 29.7 Å². The van der Waals surface area contributed by atoms with Gasteiger partial charge in [-0.3, -0.25) is 9.59 Å². The smallest absolute Gasteiger partial charge is 0.229 e. The highest BCUT2D eigenvalue weighted by Crippen LogP contribution is 2.50. The highest BCUT2D eigenvalue weighted by atomic mass is 16.7. The predicted molar refractivity (Wildman–Crippen MR) is 137 cm³/mol. The van der Waals surface area contributed by atoms with Gasteiger partial charge in [0.2, 0.25) is 23.4 Å². The summed E-state index contributed by atoms with van der Waals surface area (Å²) in [5.74, 6) is 0.368. The highest BCUT2D eigenvalue weighted by Gasteiger charge is 2.45. The first kappa shape index (κ1) is 28.6. The minimum Gasteiger partial charge on any atom is -0.493 e. The molecule has 6 atom stereocenters. The maximum Gasteiger partial charge on any atom is 0.229 e. The number of amides is 1. The van der Waals surface area contributed by atoms with Gasteiger partial charge in [-0.05, 0) is 47.7 Å². The molecular weight excluding hydrogens is 514 g/mol. The minimum atomic E-state index is -1.64. The van der Waals surface area contributed by atoms with Crippen LogP contribution in [-0.4, -0.2) is 85.0 Å². The van der Waals surface area contributed by atoms with E-state index < -0.39 is 43.4 Å². The molecule has 12 heteroatoms. The zero-order chi connectivity index (χ0) is 28.4. The van der Waals surface area contributed by atoms with Crippen molar-refractivity contribution in [3.8, 4) is 34.1 Å². The van der Waals surface area contributed by atoms with Gasteiger partial charge in [0.25, 0.3) is 0 Å². The molecule has 5 N–H and O–H groups in total. The number of carbonyl (C=O) groups is 1. The lowest BCUT2D eigenvalue weighted by atomic mass is 9.95. The predicted octanol–water partition coefficient (Wildman–Crippen LogP) is 0.0417. The third-order valence-electron chi connectivity index (χ3n) is 6.97. The van der Waals surface area contributed by atoms with Crippen molar-refractivity contribution in [2.75, 3.05) is 27.9 Å². The third kappa shape index (κ3) is 5.38. The van der Waals surface area contributed by atoms with E-state index in [1.807, 2.05) is 0 Å². The maximum atomic E-state index is 12.9. The van der Waals surface area contributed by atoms with Crippen LogP contribution in [0.4, 0.5) is 0 Å². The number of aliphatic hydroxyl groups is 4. The molecule has 12 nitrogen and oxygen atoms in total. The van der Waals surface area contributed by atoms with Gasteiger partial charge >= 0.3 is 0 Å². The molecule has 1 fully saturated rings. The number of methoxy groups -OCH3 is 3. The van der Waals surface area contributed by atoms with Gasteiger partial charge in [-0.25, -0.2) is 0 Å². The second kappa shape index (κ2) is 11.8. The molecule has 2 aromatic carbocycles. The number of fused-ring (bicyclic) bond motifs is 3. The Morgan fingerprint density at radius 2 is 1.72 bits per heavy atom. The molecule has 1 heterocycles. The monoisotopic (exact) mass is 547 g/mol. The van der Waals surface area contributed by atoms with Crippen LogP contribution in [0.3, 0.4) is 0 Å². The number of carbonyl (C=O) groups excluding carboxylic acids is 1. The van der Waals surface area contributed by atoms with Crippen LogP contribution in [0.25, 0.3) is 11.1 Å². The fourth-order valence-electron chi connectivity index (χ4n) is 5.09. The quantitative estimate of drug-likeness (QED) is 0.317. The standard InChI is InChI=1S/C27H33NO11/c1-12(30)28-16-7-5-13-9-19(38-27-24(34)23(33)22(32)20(11-29)39-27)25(36-3)26(37-4)21(13)14-6-8-18(35-2)17(31)10-15(14)16/h6,8-10,16,20,22-24,27,29,32-34H,5,7,11H2,1-4H3,(H,28,30)/t16-,20-,22+,23-,24+,27+/m0/s1. The number of nitrogens with one attached hydrogen (secondary N) is 1. The van der Waals surface area contributed by atoms with Gasteiger partial charge in [-0.1, -0.05) is 6.07 Å². The highest BCUT2D eigenvalue weighted by molar-refractivity contribution is 5.83. The Kier molecular flexibility index (Phi) is 8.62. The Morgan fingerprint density at radius 3 is 2.33 bits per heavy atom. The average Bonchev–Trinajstić information content (AvgIpc) is 3.16. The van der Waals surface area contributed by atoms with E-state index in [0.717, 1.165) is 5.56 Å². The molecule has 0 radical (unpaired) electrons. The fourth-order valence-corrected chi connectivity index (χ4v) is 5.09. The van der Waals surface area contributed by atoms with Crippen LogP contribution in [0.2, 0.25) is 0 Å². The van der Waals surface area contributed by atoms with E-state index in [4.69, 9.17) is 23.7 Å². The Balaban J connectivity index is 1.89. The number of rotatable bonds is 7. The number of aliphatic hydroxyl groups excluding tert-OH is 4. The third-order valence-corrected chi connectivity index (χ3v) is 6.97. The van der Waals surface area contributed by atoms with E-state index >= 15 is 0 Å². The first-order valence-corrected chi connectivity index (χ1v) is 12.4. The van der Waals surface area contributed by atoms with Gasteiger partial charge in [-0.2, -0.15) is 0 Å². The van der Waals surface area contributed by atoms with E-state index in [9.17, 15) is 30.0 Å². The lowest BCUT2D eigenvalue weighted by Crippen LogP contribution is -2.60. The van der Waals surface area contributed by atoms with Crippen LogP contribution in [-0.2, 0) is 16.0 Å². The summed E-state index contributed by atoms with van der Waals surface area (Å²) in [6.07, 6.45) is -6.56. The zero-order valence-electron chi connectivity index (χ0n) is 22.0. The molecule has 1 aliphatic heterocycles. The van der Waals surface area contributed by atoms with Gasteiger partial charge in [0, 0.05) is 12.5 Å². The van der Waals surface area contributed by atoms with Crippen LogP contribution >= 0.6 is 0 Å². The summed E-state index contributed by atoms with van der Waals surface area (Å²) in [6.45, 7) is 0.786. The number of hydrogen-bond donors (Lipinski definition) is 5. The number of hydrogen-bond acceptors (Lipinski definition) is 11. The summed E-state index contributed by atoms with van der Waals surface area (Å²) < 4.78 is 28.1. The second-order valence-corrected chi connectivity index (χ2v) is 9.36. The van der Waals surface area contributed by atoms with Crippen molar-refractivity contribution in [1.82, 2.24) is 5.32 Å². The number of aryl methyl sites for hydroxylation is 1. The largest absolute Gasteiger partial charge is 0.493 e. The average molecular weight is 548 g/mol. The van der Waals surface area contributed by atoms with Crippen molar-refractivity contribution in [2.24, 2.45) is 0 Å². The molecule has 0 spiro atoms. The molecule has 0 bridgehead atoms. The second-order valence-electron chi connectivity index (χ2n) is 9.36. The molecule has 4 rings (SSSR count). The lowest BCUT2D eigenvalue weighted by molar-refractivity contribution is -0.277. The van der Waals surface area contributed by atoms with E-state index in [-0.39, 0.29) is 34.3 Å². The summed E-state index contributed by atoms with van der Waals surface area (Å²) in [5.41, 5.74) is 2.15. The molecule has 0 saturated carbocycles. The first-order valence-electron chi connectivity index (χ1n) is 12.4. The topological polar surface area (TPSA) is 173 Å². The molecule has 212 valence electrons. The minimum absolute atomic E-state index is 0.111. The van der Waals surface area contributed by atoms with Crippen LogP contribution in [0, 0.1) is 0 Å². The van der Waals surface area contributed by atoms with E-state index in [1.165, 1.54) is 34.3 Å². The summed E-state index contributed by atoms with van der Waals surface area (Å²) in [5, 5.41) is 43.3. The van der Waals surface area contributed by atoms with Crippen molar-refractivity contribution < 1.29 is 48.9 Å². The Morgan fingerprint density at radius 1 is 1.00 bits per heavy atom. The molecule has 2 aliphatic rings. The zero-order valence-corrected chi connectivity index (χ0v) is 22.0. The van der Waals surface area contributed by atoms with Gasteiger partial charge in [0.1, 0.15) is 24.4 Å².